The zero-order chi connectivity index (χ0) is 22.6. The number of carbonyl (C=O) groups is 2. The van der Waals surface area contributed by atoms with Gasteiger partial charge in [0.1, 0.15) is 0 Å². The fourth-order valence-corrected chi connectivity index (χ4v) is 5.24. The molecule has 0 heterocycles. The summed E-state index contributed by atoms with van der Waals surface area (Å²) >= 11 is 0. The molecule has 0 radical (unpaired) electrons. The van der Waals surface area contributed by atoms with Crippen LogP contribution in [0.3, 0.4) is 0 Å². The van der Waals surface area contributed by atoms with E-state index in [0.29, 0.717) is 17.6 Å². The van der Waals surface area contributed by atoms with Crippen molar-refractivity contribution in [2.45, 2.75) is 45.6 Å². The maximum absolute atomic E-state index is 9.55. The third-order valence-corrected chi connectivity index (χ3v) is 7.36. The smallest absolute Gasteiger partial charge is 0.328 e. The van der Waals surface area contributed by atoms with Crippen LogP contribution in [0.1, 0.15) is 45.6 Å². The lowest BCUT2D eigenvalue weighted by atomic mass is 9.62. The summed E-state index contributed by atoms with van der Waals surface area (Å²) < 4.78 is 6.72. The maximum Gasteiger partial charge on any atom is 0.328 e. The summed E-state index contributed by atoms with van der Waals surface area (Å²) in [5, 5.41) is 15.6. The summed E-state index contributed by atoms with van der Waals surface area (Å²) in [5.74, 6) is -1.74. The number of carboxylic acids is 2. The van der Waals surface area contributed by atoms with Gasteiger partial charge in [-0.05, 0) is 50.3 Å². The van der Waals surface area contributed by atoms with Gasteiger partial charge >= 0.3 is 11.9 Å². The first kappa shape index (κ1) is 24.1. The van der Waals surface area contributed by atoms with Crippen molar-refractivity contribution in [3.63, 3.8) is 0 Å². The average molecular weight is 418 g/mol. The van der Waals surface area contributed by atoms with Crippen LogP contribution in [-0.2, 0) is 19.9 Å². The topological polar surface area (TPSA) is 87.1 Å². The molecular formula is C24H35NO5. The van der Waals surface area contributed by atoms with Gasteiger partial charge in [-0.3, -0.25) is 0 Å². The zero-order valence-corrected chi connectivity index (χ0v) is 18.7. The predicted molar refractivity (Wildman–Crippen MR) is 116 cm³/mol. The highest BCUT2D eigenvalue weighted by Gasteiger charge is 2.69. The number of ether oxygens (including phenoxy) is 1. The van der Waals surface area contributed by atoms with Crippen LogP contribution >= 0.6 is 0 Å². The number of hydrogen-bond donors (Lipinski definition) is 2. The Balaban J connectivity index is 0.000000343. The van der Waals surface area contributed by atoms with Crippen LogP contribution in [0.2, 0.25) is 0 Å². The molecule has 2 aliphatic carbocycles. The summed E-state index contributed by atoms with van der Waals surface area (Å²) in [5.41, 5.74) is 1.84. The van der Waals surface area contributed by atoms with E-state index in [1.165, 1.54) is 24.8 Å². The van der Waals surface area contributed by atoms with E-state index < -0.39 is 11.9 Å². The molecule has 2 N–H and O–H groups in total. The van der Waals surface area contributed by atoms with Gasteiger partial charge in [0.2, 0.25) is 0 Å². The molecule has 3 rings (SSSR count). The van der Waals surface area contributed by atoms with Gasteiger partial charge in [-0.15, -0.1) is 0 Å². The Hall–Kier alpha value is -2.18. The van der Waals surface area contributed by atoms with E-state index in [1.54, 1.807) is 0 Å². The van der Waals surface area contributed by atoms with Gasteiger partial charge in [0.05, 0.1) is 12.2 Å². The van der Waals surface area contributed by atoms with E-state index in [2.05, 4.69) is 70.1 Å². The zero-order valence-electron chi connectivity index (χ0n) is 18.7. The number of rotatable bonds is 7. The van der Waals surface area contributed by atoms with Gasteiger partial charge in [0, 0.05) is 24.1 Å². The van der Waals surface area contributed by atoms with Crippen molar-refractivity contribution in [2.75, 3.05) is 27.2 Å². The first-order valence-electron chi connectivity index (χ1n) is 10.4. The molecule has 1 aromatic carbocycles. The molecule has 2 aliphatic rings. The Kier molecular flexibility index (Phi) is 7.48. The maximum atomic E-state index is 9.55. The second kappa shape index (κ2) is 9.31. The number of benzene rings is 1. The SMILES string of the molecule is CN(C)CCO[C@@]1(c2ccccc2)C[C@H]2CC[C@]1(C)C2(C)C.O=C(O)C=CC(=O)O. The van der Waals surface area contributed by atoms with Crippen LogP contribution in [0.25, 0.3) is 0 Å². The van der Waals surface area contributed by atoms with Gasteiger partial charge < -0.3 is 19.8 Å². The fourth-order valence-electron chi connectivity index (χ4n) is 5.24. The predicted octanol–water partition coefficient (Wildman–Crippen LogP) is 4.02. The van der Waals surface area contributed by atoms with E-state index in [4.69, 9.17) is 14.9 Å². The second-order valence-electron chi connectivity index (χ2n) is 9.35. The minimum Gasteiger partial charge on any atom is -0.478 e. The van der Waals surface area contributed by atoms with E-state index in [-0.39, 0.29) is 11.0 Å². The van der Waals surface area contributed by atoms with E-state index >= 15 is 0 Å². The highest BCUT2D eigenvalue weighted by Crippen LogP contribution is 2.73. The molecule has 3 atom stereocenters. The standard InChI is InChI=1S/C20H31NO.C4H4O4/c1-18(2)17-11-12-19(18,3)20(15-17,22-14-13-21(4)5)16-9-7-6-8-10-16;5-3(6)1-2-4(7)8/h6-10,17H,11-15H2,1-5H3;1-2H,(H,5,6)(H,7,8)/t17-,19-,20-;/m1./s1. The Labute approximate surface area is 179 Å². The summed E-state index contributed by atoms with van der Waals surface area (Å²) in [6.07, 6.45) is 4.93. The van der Waals surface area contributed by atoms with Gasteiger partial charge in [0.15, 0.2) is 0 Å². The summed E-state index contributed by atoms with van der Waals surface area (Å²) in [4.78, 5) is 21.3. The Bertz CT molecular complexity index is 757. The molecule has 0 saturated heterocycles. The second-order valence-corrected chi connectivity index (χ2v) is 9.35. The lowest BCUT2D eigenvalue weighted by Gasteiger charge is -2.49. The summed E-state index contributed by atoms with van der Waals surface area (Å²) in [6.45, 7) is 9.19. The van der Waals surface area contributed by atoms with Crippen molar-refractivity contribution in [2.24, 2.45) is 16.7 Å². The number of aliphatic carboxylic acids is 2. The fraction of sp³-hybridized carbons (Fsp3) is 0.583. The Morgan fingerprint density at radius 2 is 1.67 bits per heavy atom. The average Bonchev–Trinajstić information content (AvgIpc) is 3.00. The first-order chi connectivity index (χ1) is 14.0. The van der Waals surface area contributed by atoms with Crippen molar-refractivity contribution >= 4 is 11.9 Å². The van der Waals surface area contributed by atoms with Crippen molar-refractivity contribution in [3.05, 3.63) is 48.0 Å². The van der Waals surface area contributed by atoms with E-state index in [9.17, 15) is 9.59 Å². The van der Waals surface area contributed by atoms with Crippen molar-refractivity contribution < 1.29 is 24.5 Å². The van der Waals surface area contributed by atoms with Crippen molar-refractivity contribution in [1.82, 2.24) is 4.90 Å². The molecule has 0 aliphatic heterocycles. The molecule has 0 aromatic heterocycles. The first-order valence-corrected chi connectivity index (χ1v) is 10.4. The summed E-state index contributed by atoms with van der Waals surface area (Å²) in [7, 11) is 4.23. The Morgan fingerprint density at radius 3 is 2.07 bits per heavy atom. The molecule has 2 fully saturated rings. The van der Waals surface area contributed by atoms with Crippen LogP contribution in [0.5, 0.6) is 0 Å². The molecule has 30 heavy (non-hydrogen) atoms. The molecule has 166 valence electrons. The summed E-state index contributed by atoms with van der Waals surface area (Å²) in [6, 6.07) is 11.0. The van der Waals surface area contributed by atoms with Gasteiger partial charge in [-0.1, -0.05) is 51.1 Å². The number of nitrogens with zero attached hydrogens (tertiary/aromatic N) is 1. The molecule has 2 saturated carbocycles. The largest absolute Gasteiger partial charge is 0.478 e. The van der Waals surface area contributed by atoms with Crippen molar-refractivity contribution in [1.29, 1.82) is 0 Å². The molecule has 0 spiro atoms. The van der Waals surface area contributed by atoms with Crippen LogP contribution in [0, 0.1) is 16.7 Å². The monoisotopic (exact) mass is 417 g/mol. The number of likely N-dealkylation sites (N-methyl/N-ethyl adjacent to an activating group) is 1. The van der Waals surface area contributed by atoms with Crippen LogP contribution in [0.15, 0.2) is 42.5 Å². The van der Waals surface area contributed by atoms with Crippen LogP contribution < -0.4 is 0 Å². The number of fused-ring (bicyclic) bond motifs is 2. The molecule has 2 bridgehead atoms. The molecule has 0 unspecified atom stereocenters. The molecule has 6 nitrogen and oxygen atoms in total. The quantitative estimate of drug-likeness (QED) is 0.652. The minimum atomic E-state index is -1.26. The van der Waals surface area contributed by atoms with Crippen LogP contribution in [-0.4, -0.2) is 54.3 Å². The van der Waals surface area contributed by atoms with Gasteiger partial charge in [-0.2, -0.15) is 0 Å². The molecule has 6 heteroatoms. The molecular weight excluding hydrogens is 382 g/mol. The van der Waals surface area contributed by atoms with Gasteiger partial charge in [-0.25, -0.2) is 9.59 Å². The number of hydrogen-bond acceptors (Lipinski definition) is 4. The van der Waals surface area contributed by atoms with Gasteiger partial charge in [0.25, 0.3) is 0 Å². The normalized spacial score (nSPS) is 29.1. The lowest BCUT2D eigenvalue weighted by Crippen LogP contribution is -2.47. The highest BCUT2D eigenvalue weighted by molar-refractivity contribution is 5.89. The highest BCUT2D eigenvalue weighted by atomic mass is 16.5. The third-order valence-electron chi connectivity index (χ3n) is 7.36. The van der Waals surface area contributed by atoms with Crippen molar-refractivity contribution in [3.8, 4) is 0 Å². The number of carboxylic acid groups (broad SMARTS) is 2. The third kappa shape index (κ3) is 4.60. The van der Waals surface area contributed by atoms with E-state index in [0.717, 1.165) is 19.1 Å². The Morgan fingerprint density at radius 1 is 1.10 bits per heavy atom. The van der Waals surface area contributed by atoms with E-state index in [1.807, 2.05) is 0 Å². The van der Waals surface area contributed by atoms with Crippen LogP contribution in [0.4, 0.5) is 0 Å². The minimum absolute atomic E-state index is 0.114. The molecule has 1 aromatic rings. The lowest BCUT2D eigenvalue weighted by molar-refractivity contribution is -0.148. The molecule has 0 amide bonds.